The van der Waals surface area contributed by atoms with Gasteiger partial charge in [0.25, 0.3) is 0 Å². The number of carboxylic acids is 1. The standard InChI is InChI=1S/C15H21N5O2/c1-12(14(21)22)5-3-2-4-8-18-15(19-11-16)20-13-6-9-17-10-7-13/h6-7,9-10,12H,2-5,8H2,1H3,(H,21,22)(H2,17,18,19,20)/t12-/m1/s1. The van der Waals surface area contributed by atoms with E-state index in [1.165, 1.54) is 0 Å². The maximum Gasteiger partial charge on any atom is 0.306 e. The number of hydrogen-bond donors (Lipinski definition) is 3. The van der Waals surface area contributed by atoms with Crippen LogP contribution in [0, 0.1) is 17.4 Å². The van der Waals surface area contributed by atoms with Crippen molar-refractivity contribution in [1.82, 2.24) is 10.3 Å². The second-order valence-corrected chi connectivity index (χ2v) is 4.92. The zero-order valence-corrected chi connectivity index (χ0v) is 12.6. The minimum absolute atomic E-state index is 0.298. The van der Waals surface area contributed by atoms with Crippen molar-refractivity contribution >= 4 is 17.6 Å². The van der Waals surface area contributed by atoms with Crippen molar-refractivity contribution in [1.29, 1.82) is 5.26 Å². The Morgan fingerprint density at radius 1 is 1.41 bits per heavy atom. The Morgan fingerprint density at radius 3 is 2.77 bits per heavy atom. The van der Waals surface area contributed by atoms with Crippen molar-refractivity contribution in [2.75, 3.05) is 11.9 Å². The largest absolute Gasteiger partial charge is 0.481 e. The van der Waals surface area contributed by atoms with Gasteiger partial charge in [-0.15, -0.1) is 0 Å². The predicted octanol–water partition coefficient (Wildman–Crippen LogP) is 2.20. The summed E-state index contributed by atoms with van der Waals surface area (Å²) in [6, 6.07) is 3.56. The lowest BCUT2D eigenvalue weighted by Gasteiger charge is -2.08. The molecule has 0 fully saturated rings. The molecule has 7 heteroatoms. The summed E-state index contributed by atoms with van der Waals surface area (Å²) in [6.45, 7) is 2.29. The maximum atomic E-state index is 10.7. The number of aliphatic carboxylic acids is 1. The Labute approximate surface area is 130 Å². The fraction of sp³-hybridized carbons (Fsp3) is 0.467. The van der Waals surface area contributed by atoms with Gasteiger partial charge in [0, 0.05) is 24.6 Å². The first kappa shape index (κ1) is 17.4. The highest BCUT2D eigenvalue weighted by Gasteiger charge is 2.09. The van der Waals surface area contributed by atoms with Crippen molar-refractivity contribution in [2.45, 2.75) is 32.6 Å². The molecule has 0 amide bonds. The number of pyridine rings is 1. The van der Waals surface area contributed by atoms with E-state index in [1.807, 2.05) is 6.19 Å². The summed E-state index contributed by atoms with van der Waals surface area (Å²) in [5.41, 5.74) is 0.798. The third-order valence-electron chi connectivity index (χ3n) is 3.10. The summed E-state index contributed by atoms with van der Waals surface area (Å²) in [6.07, 6.45) is 8.44. The van der Waals surface area contributed by atoms with Crippen LogP contribution in [-0.4, -0.2) is 28.6 Å². The van der Waals surface area contributed by atoms with Crippen molar-refractivity contribution < 1.29 is 9.90 Å². The van der Waals surface area contributed by atoms with E-state index in [2.05, 4.69) is 20.6 Å². The van der Waals surface area contributed by atoms with Crippen molar-refractivity contribution in [2.24, 2.45) is 10.9 Å². The molecule has 0 unspecified atom stereocenters. The molecule has 0 aliphatic rings. The van der Waals surface area contributed by atoms with Crippen molar-refractivity contribution in [3.05, 3.63) is 24.5 Å². The average molecular weight is 303 g/mol. The van der Waals surface area contributed by atoms with E-state index in [-0.39, 0.29) is 5.92 Å². The molecule has 1 atom stereocenters. The Kier molecular flexibility index (Phi) is 8.05. The highest BCUT2D eigenvalue weighted by Crippen LogP contribution is 2.09. The molecule has 7 nitrogen and oxygen atoms in total. The molecule has 0 aliphatic heterocycles. The van der Waals surface area contributed by atoms with Gasteiger partial charge in [-0.05, 0) is 25.0 Å². The van der Waals surface area contributed by atoms with Gasteiger partial charge in [0.1, 0.15) is 0 Å². The molecule has 1 rings (SSSR count). The number of carbonyl (C=O) groups is 1. The second-order valence-electron chi connectivity index (χ2n) is 4.92. The molecule has 0 aliphatic carbocycles. The summed E-state index contributed by atoms with van der Waals surface area (Å²) in [7, 11) is 0. The van der Waals surface area contributed by atoms with Gasteiger partial charge in [0.2, 0.25) is 5.96 Å². The minimum Gasteiger partial charge on any atom is -0.481 e. The van der Waals surface area contributed by atoms with Crippen LogP contribution in [-0.2, 0) is 4.79 Å². The number of unbranched alkanes of at least 4 members (excludes halogenated alkanes) is 2. The molecule has 3 N–H and O–H groups in total. The summed E-state index contributed by atoms with van der Waals surface area (Å²) in [4.78, 5) is 18.9. The minimum atomic E-state index is -0.750. The molecule has 0 bridgehead atoms. The summed E-state index contributed by atoms with van der Waals surface area (Å²) in [5.74, 6) is -0.652. The first-order chi connectivity index (χ1) is 10.6. The molecule has 1 heterocycles. The highest BCUT2D eigenvalue weighted by molar-refractivity contribution is 5.94. The third kappa shape index (κ3) is 7.24. The molecule has 0 spiro atoms. The molecular formula is C15H21N5O2. The van der Waals surface area contributed by atoms with E-state index >= 15 is 0 Å². The fourth-order valence-corrected chi connectivity index (χ4v) is 1.79. The molecule has 1 aromatic heterocycles. The van der Waals surface area contributed by atoms with E-state index in [4.69, 9.17) is 10.4 Å². The zero-order chi connectivity index (χ0) is 16.2. The Balaban J connectivity index is 2.31. The van der Waals surface area contributed by atoms with Gasteiger partial charge < -0.3 is 10.4 Å². The first-order valence-corrected chi connectivity index (χ1v) is 7.23. The lowest BCUT2D eigenvalue weighted by atomic mass is 10.0. The van der Waals surface area contributed by atoms with Gasteiger partial charge >= 0.3 is 5.97 Å². The van der Waals surface area contributed by atoms with Crippen LogP contribution in [0.25, 0.3) is 0 Å². The van der Waals surface area contributed by atoms with Crippen LogP contribution in [0.4, 0.5) is 5.69 Å². The van der Waals surface area contributed by atoms with Gasteiger partial charge in [0.05, 0.1) is 5.92 Å². The normalized spacial score (nSPS) is 12.3. The molecule has 1 aromatic rings. The lowest BCUT2D eigenvalue weighted by Crippen LogP contribution is -2.27. The number of nitriles is 1. The molecule has 118 valence electrons. The number of aromatic nitrogens is 1. The van der Waals surface area contributed by atoms with Crippen LogP contribution in [0.15, 0.2) is 29.5 Å². The highest BCUT2D eigenvalue weighted by atomic mass is 16.4. The average Bonchev–Trinajstić information content (AvgIpc) is 2.51. The van der Waals surface area contributed by atoms with Crippen LogP contribution in [0.5, 0.6) is 0 Å². The predicted molar refractivity (Wildman–Crippen MR) is 84.2 cm³/mol. The third-order valence-corrected chi connectivity index (χ3v) is 3.10. The van der Waals surface area contributed by atoms with Crippen molar-refractivity contribution in [3.63, 3.8) is 0 Å². The molecule has 0 saturated heterocycles. The fourth-order valence-electron chi connectivity index (χ4n) is 1.79. The summed E-state index contributed by atoms with van der Waals surface area (Å²) < 4.78 is 0. The van der Waals surface area contributed by atoms with E-state index in [9.17, 15) is 4.79 Å². The summed E-state index contributed by atoms with van der Waals surface area (Å²) in [5, 5.41) is 23.0. The molecule has 0 radical (unpaired) electrons. The molecular weight excluding hydrogens is 282 g/mol. The van der Waals surface area contributed by atoms with E-state index in [1.54, 1.807) is 31.5 Å². The van der Waals surface area contributed by atoms with Crippen LogP contribution in [0.1, 0.15) is 32.6 Å². The zero-order valence-electron chi connectivity index (χ0n) is 12.6. The van der Waals surface area contributed by atoms with Crippen LogP contribution in [0.2, 0.25) is 0 Å². The Bertz CT molecular complexity index is 524. The van der Waals surface area contributed by atoms with E-state index in [0.717, 1.165) is 24.9 Å². The number of aliphatic imine (C=N–C) groups is 1. The topological polar surface area (TPSA) is 110 Å². The SMILES string of the molecule is C[C@H](CCCCCN=C(NC#N)Nc1ccncc1)C(=O)O. The number of hydrogen-bond acceptors (Lipinski definition) is 4. The number of anilines is 1. The number of guanidine groups is 1. The number of carboxylic acid groups (broad SMARTS) is 1. The van der Waals surface area contributed by atoms with Crippen LogP contribution in [0.3, 0.4) is 0 Å². The van der Waals surface area contributed by atoms with Gasteiger partial charge in [-0.3, -0.25) is 20.1 Å². The van der Waals surface area contributed by atoms with E-state index in [0.29, 0.717) is 18.9 Å². The van der Waals surface area contributed by atoms with Gasteiger partial charge in [-0.25, -0.2) is 0 Å². The Hall–Kier alpha value is -2.62. The maximum absolute atomic E-state index is 10.7. The molecule has 0 aromatic carbocycles. The van der Waals surface area contributed by atoms with Crippen molar-refractivity contribution in [3.8, 4) is 6.19 Å². The number of nitrogens with zero attached hydrogens (tertiary/aromatic N) is 3. The second kappa shape index (κ2) is 10.2. The quantitative estimate of drug-likeness (QED) is 0.223. The summed E-state index contributed by atoms with van der Waals surface area (Å²) >= 11 is 0. The lowest BCUT2D eigenvalue weighted by molar-refractivity contribution is -0.141. The Morgan fingerprint density at radius 2 is 2.14 bits per heavy atom. The van der Waals surface area contributed by atoms with Gasteiger partial charge in [0.15, 0.2) is 6.19 Å². The number of nitrogens with one attached hydrogen (secondary N) is 2. The van der Waals surface area contributed by atoms with Gasteiger partial charge in [-0.2, -0.15) is 5.26 Å². The van der Waals surface area contributed by atoms with Crippen LogP contribution < -0.4 is 10.6 Å². The van der Waals surface area contributed by atoms with Crippen LogP contribution >= 0.6 is 0 Å². The van der Waals surface area contributed by atoms with Gasteiger partial charge in [-0.1, -0.05) is 19.8 Å². The first-order valence-electron chi connectivity index (χ1n) is 7.23. The molecule has 22 heavy (non-hydrogen) atoms. The monoisotopic (exact) mass is 303 g/mol. The smallest absolute Gasteiger partial charge is 0.306 e. The number of rotatable bonds is 8. The molecule has 0 saturated carbocycles. The van der Waals surface area contributed by atoms with E-state index < -0.39 is 5.97 Å².